The second-order valence-corrected chi connectivity index (χ2v) is 4.97. The number of hydrogen-bond donors (Lipinski definition) is 0. The van der Waals surface area contributed by atoms with E-state index in [1.165, 1.54) is 0 Å². The molecule has 0 saturated carbocycles. The lowest BCUT2D eigenvalue weighted by Gasteiger charge is -2.32. The highest BCUT2D eigenvalue weighted by Crippen LogP contribution is 2.42. The fraction of sp³-hybridized carbons (Fsp3) is 0.636. The number of carbonyl (C=O) groups is 2. The lowest BCUT2D eigenvalue weighted by molar-refractivity contribution is -0.151. The van der Waals surface area contributed by atoms with Crippen LogP contribution in [0.1, 0.15) is 27.7 Å². The van der Waals surface area contributed by atoms with E-state index in [1.807, 2.05) is 13.8 Å². The van der Waals surface area contributed by atoms with Gasteiger partial charge in [-0.2, -0.15) is 0 Å². The zero-order valence-electron chi connectivity index (χ0n) is 10.2. The Labute approximate surface area is 98.6 Å². The second kappa shape index (κ2) is 3.65. The molecule has 0 bridgehead atoms. The van der Waals surface area contributed by atoms with E-state index in [1.54, 1.807) is 13.8 Å². The normalized spacial score (nSPS) is 28.7. The summed E-state index contributed by atoms with van der Waals surface area (Å²) >= 11 is 0. The van der Waals surface area contributed by atoms with Gasteiger partial charge in [-0.1, -0.05) is 24.2 Å². The molecule has 0 fully saturated rings. The molecule has 0 aromatic carbocycles. The van der Waals surface area contributed by atoms with Crippen LogP contribution in [0.5, 0.6) is 0 Å². The topological polar surface area (TPSA) is 77.3 Å². The smallest absolute Gasteiger partial charge is 0.318 e. The maximum Gasteiger partial charge on any atom is 0.344 e. The van der Waals surface area contributed by atoms with Gasteiger partial charge in [0, 0.05) is 5.41 Å². The minimum Gasteiger partial charge on any atom is -0.318 e. The van der Waals surface area contributed by atoms with Crippen LogP contribution in [-0.4, -0.2) is 23.4 Å². The standard InChI is InChI=1S/C11H14N2O4/c1-5-7(9(14)16-12-5)11(3,4)8-6(2)13-17-10(8)15/h7-8H,1-4H3/t7-,8-/m0/s1. The van der Waals surface area contributed by atoms with Crippen molar-refractivity contribution in [3.05, 3.63) is 0 Å². The number of rotatable bonds is 2. The van der Waals surface area contributed by atoms with Gasteiger partial charge in [-0.3, -0.25) is 0 Å². The van der Waals surface area contributed by atoms with Gasteiger partial charge >= 0.3 is 11.9 Å². The highest BCUT2D eigenvalue weighted by molar-refractivity contribution is 6.09. The van der Waals surface area contributed by atoms with Crippen molar-refractivity contribution in [1.82, 2.24) is 0 Å². The zero-order chi connectivity index (χ0) is 12.8. The summed E-state index contributed by atoms with van der Waals surface area (Å²) in [6.07, 6.45) is 0. The molecule has 0 spiro atoms. The molecule has 2 atom stereocenters. The van der Waals surface area contributed by atoms with Crippen LogP contribution in [0.2, 0.25) is 0 Å². The van der Waals surface area contributed by atoms with Gasteiger partial charge in [-0.05, 0) is 13.8 Å². The molecule has 0 N–H and O–H groups in total. The van der Waals surface area contributed by atoms with Gasteiger partial charge in [0.05, 0.1) is 11.4 Å². The molecule has 2 aliphatic rings. The van der Waals surface area contributed by atoms with Gasteiger partial charge in [-0.15, -0.1) is 0 Å². The van der Waals surface area contributed by atoms with Crippen molar-refractivity contribution >= 4 is 23.4 Å². The van der Waals surface area contributed by atoms with Gasteiger partial charge in [0.1, 0.15) is 11.8 Å². The van der Waals surface area contributed by atoms with Crippen LogP contribution in [-0.2, 0) is 19.3 Å². The molecule has 6 heteroatoms. The molecule has 0 amide bonds. The molecule has 0 unspecified atom stereocenters. The van der Waals surface area contributed by atoms with E-state index >= 15 is 0 Å². The molecule has 92 valence electrons. The summed E-state index contributed by atoms with van der Waals surface area (Å²) in [5, 5.41) is 7.32. The lowest BCUT2D eigenvalue weighted by Crippen LogP contribution is -2.43. The van der Waals surface area contributed by atoms with E-state index in [0.29, 0.717) is 11.4 Å². The first-order valence-corrected chi connectivity index (χ1v) is 5.36. The molecule has 6 nitrogen and oxygen atoms in total. The van der Waals surface area contributed by atoms with Crippen LogP contribution in [0.3, 0.4) is 0 Å². The van der Waals surface area contributed by atoms with Crippen molar-refractivity contribution in [3.63, 3.8) is 0 Å². The fourth-order valence-corrected chi connectivity index (χ4v) is 2.64. The van der Waals surface area contributed by atoms with E-state index in [9.17, 15) is 9.59 Å². The molecule has 2 rings (SSSR count). The largest absolute Gasteiger partial charge is 0.344 e. The third-order valence-corrected chi connectivity index (χ3v) is 3.35. The minimum absolute atomic E-state index is 0.431. The van der Waals surface area contributed by atoms with E-state index in [2.05, 4.69) is 20.0 Å². The first-order valence-electron chi connectivity index (χ1n) is 5.36. The van der Waals surface area contributed by atoms with Gasteiger partial charge in [-0.25, -0.2) is 9.59 Å². The number of hydrogen-bond acceptors (Lipinski definition) is 6. The van der Waals surface area contributed by atoms with E-state index in [0.717, 1.165) is 0 Å². The molecular formula is C11H14N2O4. The third kappa shape index (κ3) is 1.64. The summed E-state index contributed by atoms with van der Waals surface area (Å²) in [5.41, 5.74) is 0.488. The molecule has 0 saturated heterocycles. The Morgan fingerprint density at radius 1 is 0.941 bits per heavy atom. The maximum atomic E-state index is 11.7. The second-order valence-electron chi connectivity index (χ2n) is 4.97. The van der Waals surface area contributed by atoms with Crippen LogP contribution in [0.15, 0.2) is 10.3 Å². The molecule has 0 aromatic heterocycles. The van der Waals surface area contributed by atoms with Crippen LogP contribution in [0, 0.1) is 17.3 Å². The van der Waals surface area contributed by atoms with Crippen LogP contribution >= 0.6 is 0 Å². The number of nitrogens with zero attached hydrogens (tertiary/aromatic N) is 2. The summed E-state index contributed by atoms with van der Waals surface area (Å²) in [5.74, 6) is -1.94. The molecule has 2 heterocycles. The first kappa shape index (κ1) is 11.8. The van der Waals surface area contributed by atoms with Crippen LogP contribution in [0.4, 0.5) is 0 Å². The van der Waals surface area contributed by atoms with Gasteiger partial charge in [0.2, 0.25) is 0 Å². The molecule has 0 radical (unpaired) electrons. The monoisotopic (exact) mass is 238 g/mol. The van der Waals surface area contributed by atoms with Crippen LogP contribution < -0.4 is 0 Å². The van der Waals surface area contributed by atoms with Gasteiger partial charge < -0.3 is 9.68 Å². The molecule has 2 aliphatic heterocycles. The maximum absolute atomic E-state index is 11.7. The number of oxime groups is 2. The Bertz CT molecular complexity index is 410. The van der Waals surface area contributed by atoms with Crippen molar-refractivity contribution in [1.29, 1.82) is 0 Å². The average Bonchev–Trinajstić information content (AvgIpc) is 2.71. The van der Waals surface area contributed by atoms with Gasteiger partial charge in [0.25, 0.3) is 0 Å². The van der Waals surface area contributed by atoms with Crippen molar-refractivity contribution in [2.75, 3.05) is 0 Å². The summed E-state index contributed by atoms with van der Waals surface area (Å²) < 4.78 is 0. The molecular weight excluding hydrogens is 224 g/mol. The fourth-order valence-electron chi connectivity index (χ4n) is 2.64. The summed E-state index contributed by atoms with van der Waals surface area (Å²) in [4.78, 5) is 32.6. The van der Waals surface area contributed by atoms with E-state index < -0.39 is 29.2 Å². The Kier molecular flexibility index (Phi) is 2.52. The zero-order valence-corrected chi connectivity index (χ0v) is 10.2. The Morgan fingerprint density at radius 3 is 1.53 bits per heavy atom. The lowest BCUT2D eigenvalue weighted by atomic mass is 9.66. The quantitative estimate of drug-likeness (QED) is 0.675. The summed E-state index contributed by atoms with van der Waals surface area (Å²) in [7, 11) is 0. The predicted octanol–water partition coefficient (Wildman–Crippen LogP) is 1.11. The molecule has 17 heavy (non-hydrogen) atoms. The highest BCUT2D eigenvalue weighted by Gasteiger charge is 2.53. The molecule has 0 aliphatic carbocycles. The average molecular weight is 238 g/mol. The Balaban J connectivity index is 2.36. The van der Waals surface area contributed by atoms with Crippen molar-refractivity contribution < 1.29 is 19.3 Å². The highest BCUT2D eigenvalue weighted by atomic mass is 16.7. The van der Waals surface area contributed by atoms with Crippen molar-refractivity contribution in [3.8, 4) is 0 Å². The molecule has 0 aromatic rings. The van der Waals surface area contributed by atoms with Gasteiger partial charge in [0.15, 0.2) is 0 Å². The Hall–Kier alpha value is -1.72. The van der Waals surface area contributed by atoms with E-state index in [-0.39, 0.29) is 0 Å². The van der Waals surface area contributed by atoms with Crippen molar-refractivity contribution in [2.24, 2.45) is 27.6 Å². The predicted molar refractivity (Wildman–Crippen MR) is 59.2 cm³/mol. The third-order valence-electron chi connectivity index (χ3n) is 3.35. The van der Waals surface area contributed by atoms with E-state index in [4.69, 9.17) is 0 Å². The van der Waals surface area contributed by atoms with Crippen LogP contribution in [0.25, 0.3) is 0 Å². The minimum atomic E-state index is -0.664. The first-order chi connectivity index (χ1) is 7.85. The van der Waals surface area contributed by atoms with Crippen molar-refractivity contribution in [2.45, 2.75) is 27.7 Å². The summed E-state index contributed by atoms with van der Waals surface area (Å²) in [6.45, 7) is 7.06. The number of carbonyl (C=O) groups excluding carboxylic acids is 2. The summed E-state index contributed by atoms with van der Waals surface area (Å²) in [6, 6.07) is 0. The Morgan fingerprint density at radius 2 is 1.29 bits per heavy atom. The SMILES string of the molecule is CC1=NOC(=O)[C@H]1C(C)(C)[C@@H]1C(=O)ON=C1C.